The molecule has 1 saturated heterocycles. The molecule has 6 nitrogen and oxygen atoms in total. The summed E-state index contributed by atoms with van der Waals surface area (Å²) < 4.78 is 2.23. The van der Waals surface area contributed by atoms with Crippen molar-refractivity contribution in [2.75, 3.05) is 19.6 Å². The molecule has 134 valence electrons. The van der Waals surface area contributed by atoms with Gasteiger partial charge in [-0.15, -0.1) is 0 Å². The fourth-order valence-electron chi connectivity index (χ4n) is 3.38. The van der Waals surface area contributed by atoms with Crippen LogP contribution in [0.3, 0.4) is 0 Å². The highest BCUT2D eigenvalue weighted by molar-refractivity contribution is 5.94. The number of hydrogen-bond acceptors (Lipinski definition) is 4. The van der Waals surface area contributed by atoms with Crippen LogP contribution in [-0.2, 0) is 13.0 Å². The second-order valence-electron chi connectivity index (χ2n) is 6.50. The molecule has 0 radical (unpaired) electrons. The van der Waals surface area contributed by atoms with Gasteiger partial charge in [0.25, 0.3) is 5.91 Å². The minimum atomic E-state index is 0.119. The Labute approximate surface area is 149 Å². The Balaban J connectivity index is 1.36. The van der Waals surface area contributed by atoms with Crippen molar-refractivity contribution in [3.63, 3.8) is 0 Å². The van der Waals surface area contributed by atoms with Gasteiger partial charge in [0.2, 0.25) is 0 Å². The van der Waals surface area contributed by atoms with Crippen LogP contribution in [0, 0.1) is 0 Å². The van der Waals surface area contributed by atoms with Crippen LogP contribution < -0.4 is 5.32 Å². The van der Waals surface area contributed by atoms with Gasteiger partial charge in [0.05, 0.1) is 0 Å². The van der Waals surface area contributed by atoms with Crippen LogP contribution in [0.5, 0.6) is 0 Å². The lowest BCUT2D eigenvalue weighted by molar-refractivity contribution is 0.0705. The maximum absolute atomic E-state index is 12.4. The summed E-state index contributed by atoms with van der Waals surface area (Å²) in [7, 11) is 0. The van der Waals surface area contributed by atoms with Gasteiger partial charge in [-0.25, -0.2) is 4.98 Å². The maximum Gasteiger partial charge on any atom is 0.253 e. The van der Waals surface area contributed by atoms with E-state index in [9.17, 15) is 4.79 Å². The molecule has 0 aliphatic carbocycles. The van der Waals surface area contributed by atoms with Gasteiger partial charge >= 0.3 is 0 Å². The Kier molecular flexibility index (Phi) is 6.17. The summed E-state index contributed by atoms with van der Waals surface area (Å²) >= 11 is 0. The van der Waals surface area contributed by atoms with Crippen molar-refractivity contribution in [1.82, 2.24) is 24.8 Å². The third-order valence-corrected chi connectivity index (χ3v) is 4.84. The van der Waals surface area contributed by atoms with Gasteiger partial charge in [-0.2, -0.15) is 0 Å². The second-order valence-corrected chi connectivity index (χ2v) is 6.50. The Morgan fingerprint density at radius 3 is 2.72 bits per heavy atom. The summed E-state index contributed by atoms with van der Waals surface area (Å²) in [6.07, 6.45) is 11.4. The van der Waals surface area contributed by atoms with E-state index in [1.165, 1.54) is 0 Å². The fourth-order valence-corrected chi connectivity index (χ4v) is 3.38. The first kappa shape index (κ1) is 17.6. The van der Waals surface area contributed by atoms with E-state index in [0.29, 0.717) is 6.04 Å². The van der Waals surface area contributed by atoms with Gasteiger partial charge in [-0.3, -0.25) is 9.78 Å². The van der Waals surface area contributed by atoms with Crippen LogP contribution in [0.25, 0.3) is 0 Å². The zero-order chi connectivity index (χ0) is 17.5. The summed E-state index contributed by atoms with van der Waals surface area (Å²) in [6.45, 7) is 5.79. The average molecular weight is 341 g/mol. The Morgan fingerprint density at radius 2 is 2.00 bits per heavy atom. The van der Waals surface area contributed by atoms with E-state index in [1.54, 1.807) is 24.5 Å². The van der Waals surface area contributed by atoms with E-state index in [-0.39, 0.29) is 5.91 Å². The predicted octanol–water partition coefficient (Wildman–Crippen LogP) is 2.12. The molecule has 6 heteroatoms. The lowest BCUT2D eigenvalue weighted by Gasteiger charge is -2.32. The molecule has 0 spiro atoms. The SMILES string of the molecule is CCc1nccn1CCCNC1CCN(C(=O)c2ccncc2)CC1. The minimum absolute atomic E-state index is 0.119. The van der Waals surface area contributed by atoms with Crippen molar-refractivity contribution >= 4 is 5.91 Å². The molecule has 2 aromatic heterocycles. The molecule has 1 aliphatic rings. The Hall–Kier alpha value is -2.21. The molecule has 0 atom stereocenters. The van der Waals surface area contributed by atoms with E-state index in [0.717, 1.165) is 63.3 Å². The van der Waals surface area contributed by atoms with Crippen molar-refractivity contribution in [1.29, 1.82) is 0 Å². The topological polar surface area (TPSA) is 63.1 Å². The van der Waals surface area contributed by atoms with E-state index < -0.39 is 0 Å². The monoisotopic (exact) mass is 341 g/mol. The fraction of sp³-hybridized carbons (Fsp3) is 0.526. The maximum atomic E-state index is 12.4. The molecule has 3 rings (SSSR count). The highest BCUT2D eigenvalue weighted by Gasteiger charge is 2.23. The number of aryl methyl sites for hydroxylation is 2. The predicted molar refractivity (Wildman–Crippen MR) is 97.4 cm³/mol. The summed E-state index contributed by atoms with van der Waals surface area (Å²) in [5.41, 5.74) is 0.730. The molecule has 2 aromatic rings. The zero-order valence-corrected chi connectivity index (χ0v) is 14.9. The van der Waals surface area contributed by atoms with Gasteiger partial charge in [-0.1, -0.05) is 6.92 Å². The number of carbonyl (C=O) groups is 1. The van der Waals surface area contributed by atoms with E-state index in [2.05, 4.69) is 33.0 Å². The molecule has 0 bridgehead atoms. The third-order valence-electron chi connectivity index (χ3n) is 4.84. The van der Waals surface area contributed by atoms with Crippen molar-refractivity contribution in [2.24, 2.45) is 0 Å². The molecule has 1 aliphatic heterocycles. The third kappa shape index (κ3) is 4.66. The molecule has 0 aromatic carbocycles. The highest BCUT2D eigenvalue weighted by atomic mass is 16.2. The summed E-state index contributed by atoms with van der Waals surface area (Å²) in [6, 6.07) is 4.08. The standard InChI is InChI=1S/C19H27N5O/c1-2-18-22-11-15-23(18)12-3-8-21-17-6-13-24(14-7-17)19(25)16-4-9-20-10-5-16/h4-5,9-11,15,17,21H,2-3,6-8,12-14H2,1H3. The first-order valence-corrected chi connectivity index (χ1v) is 9.20. The molecule has 0 saturated carbocycles. The summed E-state index contributed by atoms with van der Waals surface area (Å²) in [5, 5.41) is 3.64. The van der Waals surface area contributed by atoms with Crippen molar-refractivity contribution in [3.05, 3.63) is 48.3 Å². The van der Waals surface area contributed by atoms with E-state index >= 15 is 0 Å². The van der Waals surface area contributed by atoms with Gasteiger partial charge in [-0.05, 0) is 37.9 Å². The normalized spacial score (nSPS) is 15.5. The lowest BCUT2D eigenvalue weighted by Crippen LogP contribution is -2.45. The largest absolute Gasteiger partial charge is 0.339 e. The molecule has 1 N–H and O–H groups in total. The number of aromatic nitrogens is 3. The molecule has 25 heavy (non-hydrogen) atoms. The van der Waals surface area contributed by atoms with E-state index in [1.807, 2.05) is 11.1 Å². The number of imidazole rings is 1. The van der Waals surface area contributed by atoms with Gasteiger partial charge in [0, 0.05) is 62.4 Å². The molecule has 3 heterocycles. The molecular formula is C19H27N5O. The Bertz CT molecular complexity index is 661. The first-order valence-electron chi connectivity index (χ1n) is 9.20. The number of carbonyl (C=O) groups excluding carboxylic acids is 1. The van der Waals surface area contributed by atoms with Crippen LogP contribution in [0.15, 0.2) is 36.9 Å². The molecule has 0 unspecified atom stereocenters. The van der Waals surface area contributed by atoms with Crippen LogP contribution >= 0.6 is 0 Å². The summed E-state index contributed by atoms with van der Waals surface area (Å²) in [4.78, 5) is 22.7. The van der Waals surface area contributed by atoms with Crippen LogP contribution in [0.4, 0.5) is 0 Å². The number of rotatable bonds is 7. The number of likely N-dealkylation sites (tertiary alicyclic amines) is 1. The number of amides is 1. The van der Waals surface area contributed by atoms with E-state index in [4.69, 9.17) is 0 Å². The highest BCUT2D eigenvalue weighted by Crippen LogP contribution is 2.13. The second kappa shape index (κ2) is 8.76. The molecule has 1 fully saturated rings. The van der Waals surface area contributed by atoms with Gasteiger partial charge < -0.3 is 14.8 Å². The van der Waals surface area contributed by atoms with Crippen LogP contribution in [-0.4, -0.2) is 51.0 Å². The lowest BCUT2D eigenvalue weighted by atomic mass is 10.0. The van der Waals surface area contributed by atoms with Crippen LogP contribution in [0.2, 0.25) is 0 Å². The quantitative estimate of drug-likeness (QED) is 0.784. The van der Waals surface area contributed by atoms with Crippen molar-refractivity contribution < 1.29 is 4.79 Å². The first-order chi connectivity index (χ1) is 12.3. The number of pyridine rings is 1. The minimum Gasteiger partial charge on any atom is -0.339 e. The van der Waals surface area contributed by atoms with Gasteiger partial charge in [0.1, 0.15) is 5.82 Å². The van der Waals surface area contributed by atoms with Crippen molar-refractivity contribution in [2.45, 2.75) is 45.2 Å². The van der Waals surface area contributed by atoms with Crippen LogP contribution in [0.1, 0.15) is 42.4 Å². The smallest absolute Gasteiger partial charge is 0.253 e. The summed E-state index contributed by atoms with van der Waals surface area (Å²) in [5.74, 6) is 1.27. The average Bonchev–Trinajstić information content (AvgIpc) is 3.13. The molecule has 1 amide bonds. The number of hydrogen-bond donors (Lipinski definition) is 1. The number of nitrogens with one attached hydrogen (secondary N) is 1. The number of piperidine rings is 1. The zero-order valence-electron chi connectivity index (χ0n) is 14.9. The Morgan fingerprint density at radius 1 is 1.24 bits per heavy atom. The van der Waals surface area contributed by atoms with Crippen molar-refractivity contribution in [3.8, 4) is 0 Å². The molecular weight excluding hydrogens is 314 g/mol. The number of nitrogens with zero attached hydrogens (tertiary/aromatic N) is 4. The van der Waals surface area contributed by atoms with Gasteiger partial charge in [0.15, 0.2) is 0 Å².